The zero-order valence-corrected chi connectivity index (χ0v) is 12.1. The first-order chi connectivity index (χ1) is 9.01. The Morgan fingerprint density at radius 2 is 2.16 bits per heavy atom. The van der Waals surface area contributed by atoms with Crippen molar-refractivity contribution in [2.75, 3.05) is 25.2 Å². The molecule has 0 heterocycles. The van der Waals surface area contributed by atoms with Gasteiger partial charge in [-0.2, -0.15) is 0 Å². The molecule has 0 radical (unpaired) electrons. The summed E-state index contributed by atoms with van der Waals surface area (Å²) in [5.74, 6) is -0.485. The van der Waals surface area contributed by atoms with Crippen molar-refractivity contribution in [2.24, 2.45) is 0 Å². The zero-order chi connectivity index (χ0) is 14.4. The van der Waals surface area contributed by atoms with Crippen LogP contribution in [0.1, 0.15) is 37.6 Å². The van der Waals surface area contributed by atoms with E-state index in [0.29, 0.717) is 24.4 Å². The van der Waals surface area contributed by atoms with Crippen molar-refractivity contribution in [3.63, 3.8) is 0 Å². The summed E-state index contributed by atoms with van der Waals surface area (Å²) in [7, 11) is 1.63. The minimum Gasteiger partial charge on any atom is -0.383 e. The van der Waals surface area contributed by atoms with Crippen LogP contribution in [0.25, 0.3) is 0 Å². The van der Waals surface area contributed by atoms with Crippen molar-refractivity contribution in [1.82, 2.24) is 0 Å². The van der Waals surface area contributed by atoms with Gasteiger partial charge < -0.3 is 9.64 Å². The summed E-state index contributed by atoms with van der Waals surface area (Å²) in [5, 5.41) is 0. The van der Waals surface area contributed by atoms with Crippen LogP contribution in [0.2, 0.25) is 0 Å². The normalized spacial score (nSPS) is 12.3. The average Bonchev–Trinajstić information content (AvgIpc) is 2.39. The topological polar surface area (TPSA) is 29.5 Å². The second-order valence-electron chi connectivity index (χ2n) is 4.67. The smallest absolute Gasteiger partial charge is 0.159 e. The summed E-state index contributed by atoms with van der Waals surface area (Å²) in [6.07, 6.45) is 0.914. The number of hydrogen-bond donors (Lipinski definition) is 0. The molecule has 106 valence electrons. The summed E-state index contributed by atoms with van der Waals surface area (Å²) in [6, 6.07) is 4.87. The average molecular weight is 267 g/mol. The molecule has 0 saturated carbocycles. The van der Waals surface area contributed by atoms with E-state index in [1.807, 2.05) is 11.8 Å². The Morgan fingerprint density at radius 3 is 2.63 bits per heavy atom. The van der Waals surface area contributed by atoms with E-state index in [0.717, 1.165) is 6.42 Å². The molecule has 0 aliphatic rings. The predicted molar refractivity (Wildman–Crippen MR) is 75.4 cm³/mol. The second kappa shape index (κ2) is 7.24. The van der Waals surface area contributed by atoms with E-state index in [-0.39, 0.29) is 17.6 Å². The van der Waals surface area contributed by atoms with Crippen molar-refractivity contribution in [3.05, 3.63) is 29.6 Å². The minimum absolute atomic E-state index is 0.127. The predicted octanol–water partition coefficient (Wildman–Crippen LogP) is 3.28. The molecule has 1 atom stereocenters. The van der Waals surface area contributed by atoms with Gasteiger partial charge >= 0.3 is 0 Å². The van der Waals surface area contributed by atoms with Crippen molar-refractivity contribution in [1.29, 1.82) is 0 Å². The number of benzene rings is 1. The fourth-order valence-electron chi connectivity index (χ4n) is 1.95. The monoisotopic (exact) mass is 267 g/mol. The third kappa shape index (κ3) is 4.03. The summed E-state index contributed by atoms with van der Waals surface area (Å²) in [4.78, 5) is 13.2. The quantitative estimate of drug-likeness (QED) is 0.710. The third-order valence-corrected chi connectivity index (χ3v) is 3.32. The third-order valence-electron chi connectivity index (χ3n) is 3.32. The van der Waals surface area contributed by atoms with Crippen LogP contribution in [0.15, 0.2) is 18.2 Å². The number of hydrogen-bond acceptors (Lipinski definition) is 3. The summed E-state index contributed by atoms with van der Waals surface area (Å²) < 4.78 is 19.2. The van der Waals surface area contributed by atoms with E-state index in [2.05, 4.69) is 6.92 Å². The van der Waals surface area contributed by atoms with Crippen LogP contribution in [0.3, 0.4) is 0 Å². The van der Waals surface area contributed by atoms with E-state index in [1.54, 1.807) is 19.2 Å². The van der Waals surface area contributed by atoms with Gasteiger partial charge in [0.25, 0.3) is 0 Å². The number of carbonyl (C=O) groups is 1. The van der Waals surface area contributed by atoms with Crippen molar-refractivity contribution in [3.8, 4) is 0 Å². The number of carbonyl (C=O) groups excluding carboxylic acids is 1. The highest BCUT2D eigenvalue weighted by Crippen LogP contribution is 2.23. The molecule has 4 heteroatoms. The number of Topliss-reactive ketones (excluding diaryl/α,β-unsaturated/α-hetero) is 1. The molecule has 0 aliphatic heterocycles. The highest BCUT2D eigenvalue weighted by molar-refractivity contribution is 5.94. The van der Waals surface area contributed by atoms with E-state index in [1.165, 1.54) is 13.0 Å². The second-order valence-corrected chi connectivity index (χ2v) is 4.67. The number of anilines is 1. The number of ether oxygens (including phenoxy) is 1. The fourth-order valence-corrected chi connectivity index (χ4v) is 1.95. The highest BCUT2D eigenvalue weighted by Gasteiger charge is 2.17. The maximum Gasteiger partial charge on any atom is 0.159 e. The zero-order valence-electron chi connectivity index (χ0n) is 12.1. The molecule has 1 unspecified atom stereocenters. The van der Waals surface area contributed by atoms with E-state index in [4.69, 9.17) is 4.74 Å². The first-order valence-electron chi connectivity index (χ1n) is 6.57. The SMILES string of the molecule is CCC(C)N(CCOC)c1ccc(C(C)=O)cc1F. The molecule has 0 aromatic heterocycles. The molecule has 19 heavy (non-hydrogen) atoms. The van der Waals surface area contributed by atoms with Gasteiger partial charge in [-0.15, -0.1) is 0 Å². The number of nitrogens with zero attached hydrogens (tertiary/aromatic N) is 1. The maximum atomic E-state index is 14.1. The van der Waals surface area contributed by atoms with Gasteiger partial charge in [-0.1, -0.05) is 6.92 Å². The summed E-state index contributed by atoms with van der Waals surface area (Å²) in [6.45, 7) is 6.71. The van der Waals surface area contributed by atoms with Crippen LogP contribution >= 0.6 is 0 Å². The molecule has 1 aromatic rings. The molecule has 0 amide bonds. The van der Waals surface area contributed by atoms with Crippen LogP contribution < -0.4 is 4.90 Å². The molecule has 0 spiro atoms. The van der Waals surface area contributed by atoms with E-state index < -0.39 is 0 Å². The fraction of sp³-hybridized carbons (Fsp3) is 0.533. The number of halogens is 1. The highest BCUT2D eigenvalue weighted by atomic mass is 19.1. The Hall–Kier alpha value is -1.42. The molecule has 0 fully saturated rings. The van der Waals surface area contributed by atoms with Gasteiger partial charge in [-0.25, -0.2) is 4.39 Å². The molecule has 1 rings (SSSR count). The van der Waals surface area contributed by atoms with Gasteiger partial charge in [-0.3, -0.25) is 4.79 Å². The Balaban J connectivity index is 3.04. The molecule has 0 bridgehead atoms. The summed E-state index contributed by atoms with van der Waals surface area (Å²) >= 11 is 0. The molecule has 0 aliphatic carbocycles. The van der Waals surface area contributed by atoms with Gasteiger partial charge in [0.2, 0.25) is 0 Å². The number of methoxy groups -OCH3 is 1. The largest absolute Gasteiger partial charge is 0.383 e. The van der Waals surface area contributed by atoms with Gasteiger partial charge in [0, 0.05) is 25.3 Å². The molecule has 0 N–H and O–H groups in total. The van der Waals surface area contributed by atoms with Gasteiger partial charge in [0.15, 0.2) is 5.78 Å². The van der Waals surface area contributed by atoms with Gasteiger partial charge in [0.05, 0.1) is 12.3 Å². The Kier molecular flexibility index (Phi) is 5.96. The van der Waals surface area contributed by atoms with Gasteiger partial charge in [0.1, 0.15) is 5.82 Å². The molecule has 3 nitrogen and oxygen atoms in total. The lowest BCUT2D eigenvalue weighted by Gasteiger charge is -2.31. The van der Waals surface area contributed by atoms with Crippen LogP contribution in [-0.4, -0.2) is 32.1 Å². The molecule has 0 saturated heterocycles. The molecule has 1 aromatic carbocycles. The Bertz CT molecular complexity index is 434. The van der Waals surface area contributed by atoms with Crippen LogP contribution in [0.4, 0.5) is 10.1 Å². The van der Waals surface area contributed by atoms with Crippen LogP contribution in [0, 0.1) is 5.82 Å². The van der Waals surface area contributed by atoms with E-state index in [9.17, 15) is 9.18 Å². The molecular formula is C15H22FNO2. The Labute approximate surface area is 114 Å². The van der Waals surface area contributed by atoms with Crippen molar-refractivity contribution >= 4 is 11.5 Å². The number of ketones is 1. The maximum absolute atomic E-state index is 14.1. The standard InChI is InChI=1S/C15H22FNO2/c1-5-11(2)17(8-9-19-4)15-7-6-13(12(3)18)10-14(15)16/h6-7,10-11H,5,8-9H2,1-4H3. The lowest BCUT2D eigenvalue weighted by atomic mass is 10.1. The first-order valence-corrected chi connectivity index (χ1v) is 6.57. The van der Waals surface area contributed by atoms with Crippen molar-refractivity contribution < 1.29 is 13.9 Å². The number of rotatable bonds is 7. The lowest BCUT2D eigenvalue weighted by Crippen LogP contribution is -2.36. The Morgan fingerprint density at radius 1 is 1.47 bits per heavy atom. The minimum atomic E-state index is -0.357. The molecular weight excluding hydrogens is 245 g/mol. The van der Waals surface area contributed by atoms with Crippen LogP contribution in [-0.2, 0) is 4.74 Å². The van der Waals surface area contributed by atoms with E-state index >= 15 is 0 Å². The van der Waals surface area contributed by atoms with Crippen molar-refractivity contribution in [2.45, 2.75) is 33.2 Å². The van der Waals surface area contributed by atoms with Gasteiger partial charge in [-0.05, 0) is 38.5 Å². The van der Waals surface area contributed by atoms with Crippen LogP contribution in [0.5, 0.6) is 0 Å². The first kappa shape index (κ1) is 15.6. The lowest BCUT2D eigenvalue weighted by molar-refractivity contribution is 0.101. The summed E-state index contributed by atoms with van der Waals surface area (Å²) in [5.41, 5.74) is 0.925.